The Morgan fingerprint density at radius 2 is 1.94 bits per heavy atom. The predicted molar refractivity (Wildman–Crippen MR) is 76.4 cm³/mol. The van der Waals surface area contributed by atoms with E-state index < -0.39 is 0 Å². The van der Waals surface area contributed by atoms with Gasteiger partial charge in [-0.1, -0.05) is 32.8 Å². The van der Waals surface area contributed by atoms with Gasteiger partial charge in [0, 0.05) is 18.3 Å². The molecule has 2 nitrogen and oxygen atoms in total. The summed E-state index contributed by atoms with van der Waals surface area (Å²) in [5.74, 6) is 1.60. The number of hydrogen-bond donors (Lipinski definition) is 1. The zero-order chi connectivity index (χ0) is 13.0. The van der Waals surface area contributed by atoms with E-state index >= 15 is 0 Å². The van der Waals surface area contributed by atoms with Crippen LogP contribution < -0.4 is 5.32 Å². The molecule has 1 saturated carbocycles. The lowest BCUT2D eigenvalue weighted by Crippen LogP contribution is -2.42. The second kappa shape index (κ2) is 6.33. The third-order valence-electron chi connectivity index (χ3n) is 4.27. The topological polar surface area (TPSA) is 24.9 Å². The number of nitrogens with one attached hydrogen (secondary N) is 1. The molecule has 1 aromatic rings. The molecule has 1 N–H and O–H groups in total. The van der Waals surface area contributed by atoms with Crippen molar-refractivity contribution in [1.29, 1.82) is 0 Å². The summed E-state index contributed by atoms with van der Waals surface area (Å²) in [4.78, 5) is 4.45. The first-order valence-electron chi connectivity index (χ1n) is 7.35. The van der Waals surface area contributed by atoms with Gasteiger partial charge in [0.15, 0.2) is 0 Å². The third kappa shape index (κ3) is 3.32. The first-order valence-corrected chi connectivity index (χ1v) is 7.35. The molecule has 0 radical (unpaired) electrons. The van der Waals surface area contributed by atoms with Crippen LogP contribution in [0.25, 0.3) is 0 Å². The molecule has 3 unspecified atom stereocenters. The van der Waals surface area contributed by atoms with Crippen molar-refractivity contribution in [2.24, 2.45) is 11.8 Å². The van der Waals surface area contributed by atoms with Gasteiger partial charge in [-0.25, -0.2) is 0 Å². The average molecular weight is 246 g/mol. The van der Waals surface area contributed by atoms with Crippen molar-refractivity contribution in [3.63, 3.8) is 0 Å². The Hall–Kier alpha value is -0.890. The van der Waals surface area contributed by atoms with Crippen molar-refractivity contribution in [2.75, 3.05) is 0 Å². The Labute approximate surface area is 111 Å². The van der Waals surface area contributed by atoms with Crippen LogP contribution in [-0.2, 0) is 0 Å². The molecule has 2 heteroatoms. The summed E-state index contributed by atoms with van der Waals surface area (Å²) in [6.45, 7) is 6.94. The molecule has 0 saturated heterocycles. The average Bonchev–Trinajstić information content (AvgIpc) is 2.40. The van der Waals surface area contributed by atoms with Crippen molar-refractivity contribution in [1.82, 2.24) is 10.3 Å². The van der Waals surface area contributed by atoms with Crippen LogP contribution in [0, 0.1) is 11.8 Å². The Morgan fingerprint density at radius 1 is 1.17 bits per heavy atom. The van der Waals surface area contributed by atoms with E-state index in [1.807, 2.05) is 12.3 Å². The number of aromatic nitrogens is 1. The van der Waals surface area contributed by atoms with E-state index in [9.17, 15) is 0 Å². The number of nitrogens with zero attached hydrogens (tertiary/aromatic N) is 1. The van der Waals surface area contributed by atoms with E-state index in [-0.39, 0.29) is 0 Å². The summed E-state index contributed by atoms with van der Waals surface area (Å²) in [7, 11) is 0. The maximum absolute atomic E-state index is 4.45. The van der Waals surface area contributed by atoms with Gasteiger partial charge < -0.3 is 5.32 Å². The summed E-state index contributed by atoms with van der Waals surface area (Å²) in [5.41, 5.74) is 1.16. The summed E-state index contributed by atoms with van der Waals surface area (Å²) >= 11 is 0. The van der Waals surface area contributed by atoms with E-state index in [0.29, 0.717) is 12.1 Å². The number of pyridine rings is 1. The SMILES string of the molecule is CC(NC1CCCCC1C(C)C)c1ccccn1. The molecule has 18 heavy (non-hydrogen) atoms. The van der Waals surface area contributed by atoms with Crippen LogP contribution in [0.2, 0.25) is 0 Å². The first-order chi connectivity index (χ1) is 8.68. The summed E-state index contributed by atoms with van der Waals surface area (Å²) in [6, 6.07) is 7.19. The van der Waals surface area contributed by atoms with Crippen LogP contribution in [0.15, 0.2) is 24.4 Å². The van der Waals surface area contributed by atoms with Gasteiger partial charge in [-0.05, 0) is 43.7 Å². The first kappa shape index (κ1) is 13.5. The quantitative estimate of drug-likeness (QED) is 0.870. The van der Waals surface area contributed by atoms with E-state index in [0.717, 1.165) is 17.5 Å². The van der Waals surface area contributed by atoms with Gasteiger partial charge in [0.05, 0.1) is 5.69 Å². The fraction of sp³-hybridized carbons (Fsp3) is 0.688. The minimum Gasteiger partial charge on any atom is -0.306 e. The van der Waals surface area contributed by atoms with Gasteiger partial charge >= 0.3 is 0 Å². The van der Waals surface area contributed by atoms with E-state index in [4.69, 9.17) is 0 Å². The minimum atomic E-state index is 0.357. The Bertz CT molecular complexity index is 347. The molecule has 100 valence electrons. The highest BCUT2D eigenvalue weighted by Gasteiger charge is 2.28. The molecular weight excluding hydrogens is 220 g/mol. The molecule has 1 fully saturated rings. The van der Waals surface area contributed by atoms with Crippen LogP contribution in [0.4, 0.5) is 0 Å². The van der Waals surface area contributed by atoms with Crippen LogP contribution in [-0.4, -0.2) is 11.0 Å². The molecule has 1 aliphatic carbocycles. The molecule has 1 heterocycles. The van der Waals surface area contributed by atoms with Gasteiger partial charge in [-0.2, -0.15) is 0 Å². The zero-order valence-electron chi connectivity index (χ0n) is 11.9. The monoisotopic (exact) mass is 246 g/mol. The summed E-state index contributed by atoms with van der Waals surface area (Å²) in [5, 5.41) is 3.80. The lowest BCUT2D eigenvalue weighted by atomic mass is 9.77. The van der Waals surface area contributed by atoms with Gasteiger partial charge in [0.2, 0.25) is 0 Å². The molecule has 2 rings (SSSR count). The fourth-order valence-corrected chi connectivity index (χ4v) is 3.20. The second-order valence-electron chi connectivity index (χ2n) is 5.94. The van der Waals surface area contributed by atoms with E-state index in [1.165, 1.54) is 25.7 Å². The maximum Gasteiger partial charge on any atom is 0.0570 e. The lowest BCUT2D eigenvalue weighted by Gasteiger charge is -2.36. The Kier molecular flexibility index (Phi) is 4.76. The van der Waals surface area contributed by atoms with Crippen molar-refractivity contribution >= 4 is 0 Å². The van der Waals surface area contributed by atoms with Crippen molar-refractivity contribution in [3.8, 4) is 0 Å². The number of rotatable bonds is 4. The van der Waals surface area contributed by atoms with Crippen molar-refractivity contribution in [3.05, 3.63) is 30.1 Å². The number of hydrogen-bond acceptors (Lipinski definition) is 2. The van der Waals surface area contributed by atoms with Gasteiger partial charge in [-0.3, -0.25) is 4.98 Å². The maximum atomic E-state index is 4.45. The molecule has 0 aromatic carbocycles. The third-order valence-corrected chi connectivity index (χ3v) is 4.27. The molecule has 1 aromatic heterocycles. The molecule has 0 bridgehead atoms. The van der Waals surface area contributed by atoms with E-state index in [2.05, 4.69) is 43.2 Å². The van der Waals surface area contributed by atoms with E-state index in [1.54, 1.807) is 0 Å². The normalized spacial score (nSPS) is 26.2. The second-order valence-corrected chi connectivity index (χ2v) is 5.94. The van der Waals surface area contributed by atoms with Crippen LogP contribution in [0.5, 0.6) is 0 Å². The van der Waals surface area contributed by atoms with Crippen molar-refractivity contribution < 1.29 is 0 Å². The fourth-order valence-electron chi connectivity index (χ4n) is 3.20. The summed E-state index contributed by atoms with van der Waals surface area (Å²) in [6.07, 6.45) is 7.35. The molecular formula is C16H26N2. The van der Waals surface area contributed by atoms with Crippen LogP contribution in [0.1, 0.15) is 58.2 Å². The van der Waals surface area contributed by atoms with Gasteiger partial charge in [-0.15, -0.1) is 0 Å². The smallest absolute Gasteiger partial charge is 0.0570 e. The largest absolute Gasteiger partial charge is 0.306 e. The lowest BCUT2D eigenvalue weighted by molar-refractivity contribution is 0.194. The molecule has 3 atom stereocenters. The molecule has 0 spiro atoms. The molecule has 0 amide bonds. The van der Waals surface area contributed by atoms with Crippen molar-refractivity contribution in [2.45, 2.75) is 58.5 Å². The molecule has 0 aliphatic heterocycles. The van der Waals surface area contributed by atoms with Gasteiger partial charge in [0.25, 0.3) is 0 Å². The van der Waals surface area contributed by atoms with Crippen LogP contribution >= 0.6 is 0 Å². The highest BCUT2D eigenvalue weighted by molar-refractivity contribution is 5.08. The standard InChI is InChI=1S/C16H26N2/c1-12(2)14-8-4-5-10-16(14)18-13(3)15-9-6-7-11-17-15/h6-7,9,11-14,16,18H,4-5,8,10H2,1-3H3. The summed E-state index contributed by atoms with van der Waals surface area (Å²) < 4.78 is 0. The Morgan fingerprint density at radius 3 is 2.61 bits per heavy atom. The zero-order valence-corrected chi connectivity index (χ0v) is 11.9. The minimum absolute atomic E-state index is 0.357. The Balaban J connectivity index is 1.99. The van der Waals surface area contributed by atoms with Crippen LogP contribution in [0.3, 0.4) is 0 Å². The predicted octanol–water partition coefficient (Wildman–Crippen LogP) is 3.95. The highest BCUT2D eigenvalue weighted by Crippen LogP contribution is 2.31. The molecule has 1 aliphatic rings. The highest BCUT2D eigenvalue weighted by atomic mass is 15.0. The van der Waals surface area contributed by atoms with Gasteiger partial charge in [0.1, 0.15) is 0 Å².